The monoisotopic (exact) mass is 161 g/mol. The third-order valence-electron chi connectivity index (χ3n) is 1.75. The van der Waals surface area contributed by atoms with Crippen LogP contribution >= 0.6 is 0 Å². The normalized spacial score (nSPS) is 21.5. The molecule has 1 heterocycles. The molecular formula is C10H11NO. The van der Waals surface area contributed by atoms with Gasteiger partial charge in [-0.1, -0.05) is 30.3 Å². The van der Waals surface area contributed by atoms with Crippen molar-refractivity contribution in [3.8, 4) is 0 Å². The second-order valence-corrected chi connectivity index (χ2v) is 2.86. The molecule has 1 aliphatic heterocycles. The predicted octanol–water partition coefficient (Wildman–Crippen LogP) is 1.50. The lowest BCUT2D eigenvalue weighted by atomic mass is 10.2. The van der Waals surface area contributed by atoms with Crippen molar-refractivity contribution in [3.05, 3.63) is 35.9 Å². The van der Waals surface area contributed by atoms with Crippen LogP contribution in [0.2, 0.25) is 0 Å². The van der Waals surface area contributed by atoms with Gasteiger partial charge in [0, 0.05) is 6.21 Å². The first kappa shape index (κ1) is 7.50. The molecule has 1 aromatic carbocycles. The Labute approximate surface area is 71.9 Å². The molecule has 1 atom stereocenters. The molecule has 2 rings (SSSR count). The first-order valence-electron chi connectivity index (χ1n) is 4.11. The van der Waals surface area contributed by atoms with Crippen LogP contribution in [0.5, 0.6) is 0 Å². The molecule has 0 aromatic heterocycles. The van der Waals surface area contributed by atoms with Crippen LogP contribution in [0.1, 0.15) is 5.56 Å². The second kappa shape index (κ2) is 3.50. The summed E-state index contributed by atoms with van der Waals surface area (Å²) in [6, 6.07) is 10.1. The number of nitrogens with zero attached hydrogens (tertiary/aromatic N) is 1. The Morgan fingerprint density at radius 2 is 2.17 bits per heavy atom. The number of benzene rings is 1. The smallest absolute Gasteiger partial charge is 0.100 e. The Balaban J connectivity index is 1.89. The van der Waals surface area contributed by atoms with Crippen LogP contribution < -0.4 is 0 Å². The molecule has 1 saturated heterocycles. The highest BCUT2D eigenvalue weighted by molar-refractivity contribution is 5.79. The van der Waals surface area contributed by atoms with Gasteiger partial charge in [-0.25, -0.2) is 0 Å². The Morgan fingerprint density at radius 1 is 1.42 bits per heavy atom. The van der Waals surface area contributed by atoms with Gasteiger partial charge in [-0.15, -0.1) is 0 Å². The van der Waals surface area contributed by atoms with Crippen LogP contribution in [0.4, 0.5) is 0 Å². The van der Waals surface area contributed by atoms with E-state index >= 15 is 0 Å². The van der Waals surface area contributed by atoms with Gasteiger partial charge in [-0.2, -0.15) is 0 Å². The molecule has 2 heteroatoms. The highest BCUT2D eigenvalue weighted by Gasteiger charge is 2.20. The van der Waals surface area contributed by atoms with E-state index in [1.54, 1.807) is 0 Å². The molecule has 0 amide bonds. The van der Waals surface area contributed by atoms with Crippen molar-refractivity contribution in [2.75, 3.05) is 13.2 Å². The maximum Gasteiger partial charge on any atom is 0.100 e. The minimum atomic E-state index is 0.393. The van der Waals surface area contributed by atoms with Gasteiger partial charge in [0.05, 0.1) is 13.2 Å². The van der Waals surface area contributed by atoms with E-state index in [-0.39, 0.29) is 0 Å². The summed E-state index contributed by atoms with van der Waals surface area (Å²) in [5, 5.41) is 0. The van der Waals surface area contributed by atoms with E-state index in [1.807, 2.05) is 36.5 Å². The summed E-state index contributed by atoms with van der Waals surface area (Å²) in [4.78, 5) is 4.25. The minimum absolute atomic E-state index is 0.393. The number of rotatable bonds is 3. The molecule has 0 aliphatic carbocycles. The SMILES string of the molecule is C(=N\CC1CO1)/c1ccccc1. The first-order valence-corrected chi connectivity index (χ1v) is 4.11. The molecule has 1 aliphatic rings. The lowest BCUT2D eigenvalue weighted by Gasteiger charge is -1.89. The fourth-order valence-electron chi connectivity index (χ4n) is 0.988. The fraction of sp³-hybridized carbons (Fsp3) is 0.300. The molecule has 2 nitrogen and oxygen atoms in total. The largest absolute Gasteiger partial charge is 0.371 e. The molecular weight excluding hydrogens is 150 g/mol. The molecule has 0 radical (unpaired) electrons. The summed E-state index contributed by atoms with van der Waals surface area (Å²) in [5.41, 5.74) is 1.15. The fourth-order valence-corrected chi connectivity index (χ4v) is 0.988. The number of ether oxygens (including phenoxy) is 1. The van der Waals surface area contributed by atoms with Gasteiger partial charge in [-0.3, -0.25) is 4.99 Å². The summed E-state index contributed by atoms with van der Waals surface area (Å²) >= 11 is 0. The lowest BCUT2D eigenvalue weighted by molar-refractivity contribution is 0.413. The molecule has 1 aromatic rings. The van der Waals surface area contributed by atoms with Gasteiger partial charge in [0.25, 0.3) is 0 Å². The summed E-state index contributed by atoms with van der Waals surface area (Å²) in [7, 11) is 0. The van der Waals surface area contributed by atoms with Crippen LogP contribution in [-0.2, 0) is 4.74 Å². The molecule has 0 N–H and O–H groups in total. The summed E-state index contributed by atoms with van der Waals surface area (Å²) < 4.78 is 5.03. The van der Waals surface area contributed by atoms with E-state index in [4.69, 9.17) is 4.74 Å². The maximum atomic E-state index is 5.03. The predicted molar refractivity (Wildman–Crippen MR) is 48.6 cm³/mol. The molecule has 12 heavy (non-hydrogen) atoms. The average Bonchev–Trinajstić information content (AvgIpc) is 2.90. The van der Waals surface area contributed by atoms with Crippen LogP contribution in [0.25, 0.3) is 0 Å². The van der Waals surface area contributed by atoms with Gasteiger partial charge in [-0.05, 0) is 5.56 Å². The lowest BCUT2D eigenvalue weighted by Crippen LogP contribution is -1.91. The van der Waals surface area contributed by atoms with Gasteiger partial charge >= 0.3 is 0 Å². The first-order chi connectivity index (χ1) is 5.95. The van der Waals surface area contributed by atoms with E-state index in [0.29, 0.717) is 6.10 Å². The van der Waals surface area contributed by atoms with E-state index < -0.39 is 0 Å². The third-order valence-corrected chi connectivity index (χ3v) is 1.75. The van der Waals surface area contributed by atoms with E-state index in [9.17, 15) is 0 Å². The van der Waals surface area contributed by atoms with Gasteiger partial charge < -0.3 is 4.74 Å². The Bertz CT molecular complexity index is 264. The third kappa shape index (κ3) is 2.17. The Morgan fingerprint density at radius 3 is 2.83 bits per heavy atom. The second-order valence-electron chi connectivity index (χ2n) is 2.86. The molecule has 0 spiro atoms. The van der Waals surface area contributed by atoms with Gasteiger partial charge in [0.1, 0.15) is 6.10 Å². The van der Waals surface area contributed by atoms with Crippen molar-refractivity contribution in [1.29, 1.82) is 0 Å². The summed E-state index contributed by atoms with van der Waals surface area (Å²) in [6.07, 6.45) is 2.28. The molecule has 1 unspecified atom stereocenters. The summed E-state index contributed by atoms with van der Waals surface area (Å²) in [6.45, 7) is 1.68. The molecule has 0 bridgehead atoms. The average molecular weight is 161 g/mol. The van der Waals surface area contributed by atoms with E-state index in [1.165, 1.54) is 0 Å². The highest BCUT2D eigenvalue weighted by Crippen LogP contribution is 2.08. The minimum Gasteiger partial charge on any atom is -0.371 e. The molecule has 62 valence electrons. The Hall–Kier alpha value is -1.15. The van der Waals surface area contributed by atoms with Crippen LogP contribution in [0.3, 0.4) is 0 Å². The Kier molecular flexibility index (Phi) is 2.19. The van der Waals surface area contributed by atoms with Crippen LogP contribution in [-0.4, -0.2) is 25.5 Å². The maximum absolute atomic E-state index is 5.03. The zero-order valence-electron chi connectivity index (χ0n) is 6.81. The van der Waals surface area contributed by atoms with Crippen molar-refractivity contribution in [3.63, 3.8) is 0 Å². The molecule has 1 fully saturated rings. The van der Waals surface area contributed by atoms with E-state index in [0.717, 1.165) is 18.7 Å². The number of epoxide rings is 1. The van der Waals surface area contributed by atoms with Crippen molar-refractivity contribution < 1.29 is 4.74 Å². The molecule has 0 saturated carbocycles. The van der Waals surface area contributed by atoms with Crippen molar-refractivity contribution in [2.24, 2.45) is 4.99 Å². The number of hydrogen-bond donors (Lipinski definition) is 0. The van der Waals surface area contributed by atoms with Gasteiger partial charge in [0.15, 0.2) is 0 Å². The van der Waals surface area contributed by atoms with Crippen LogP contribution in [0, 0.1) is 0 Å². The van der Waals surface area contributed by atoms with Crippen molar-refractivity contribution >= 4 is 6.21 Å². The topological polar surface area (TPSA) is 24.9 Å². The zero-order chi connectivity index (χ0) is 8.23. The standard InChI is InChI=1S/C10H11NO/c1-2-4-9(5-3-1)6-11-7-10-8-12-10/h1-6,10H,7-8H2/b11-6+. The van der Waals surface area contributed by atoms with Crippen molar-refractivity contribution in [1.82, 2.24) is 0 Å². The number of aliphatic imine (C=N–C) groups is 1. The quantitative estimate of drug-likeness (QED) is 0.487. The number of hydrogen-bond acceptors (Lipinski definition) is 2. The zero-order valence-corrected chi connectivity index (χ0v) is 6.81. The van der Waals surface area contributed by atoms with Crippen LogP contribution in [0.15, 0.2) is 35.3 Å². The van der Waals surface area contributed by atoms with Crippen molar-refractivity contribution in [2.45, 2.75) is 6.10 Å². The van der Waals surface area contributed by atoms with Gasteiger partial charge in [0.2, 0.25) is 0 Å². The van der Waals surface area contributed by atoms with E-state index in [2.05, 4.69) is 4.99 Å². The summed E-state index contributed by atoms with van der Waals surface area (Å²) in [5.74, 6) is 0. The highest BCUT2D eigenvalue weighted by atomic mass is 16.6.